The Morgan fingerprint density at radius 1 is 1.05 bits per heavy atom. The predicted molar refractivity (Wildman–Crippen MR) is 76.6 cm³/mol. The van der Waals surface area contributed by atoms with Crippen molar-refractivity contribution in [1.29, 1.82) is 0 Å². The second kappa shape index (κ2) is 6.00. The molecule has 0 bridgehead atoms. The summed E-state index contributed by atoms with van der Waals surface area (Å²) in [6.45, 7) is 1.94. The molecule has 0 aromatic heterocycles. The van der Waals surface area contributed by atoms with E-state index in [1.54, 1.807) is 24.3 Å². The maximum atomic E-state index is 12.1. The summed E-state index contributed by atoms with van der Waals surface area (Å²) >= 11 is 6.16. The smallest absolute Gasteiger partial charge is 0.193 e. The van der Waals surface area contributed by atoms with Crippen molar-refractivity contribution in [2.24, 2.45) is 0 Å². The first-order valence-corrected chi connectivity index (χ1v) is 6.51. The first-order valence-electron chi connectivity index (χ1n) is 6.07. The fourth-order valence-electron chi connectivity index (χ4n) is 1.84. The maximum Gasteiger partial charge on any atom is 0.193 e. The quantitative estimate of drug-likeness (QED) is 0.684. The molecule has 2 aromatic carbocycles. The fourth-order valence-corrected chi connectivity index (χ4v) is 2.10. The Balaban J connectivity index is 2.17. The average Bonchev–Trinajstić information content (AvgIpc) is 2.46. The standard InChI is InChI=1S/C16H15ClO2/c1-11-7-9-13(10-8-11)15(18)16(19)14(17)12-5-3-2-4-6-12/h2-10,14,16,19H,1H3/t14-,16-/m1/s1. The van der Waals surface area contributed by atoms with Crippen LogP contribution < -0.4 is 0 Å². The van der Waals surface area contributed by atoms with Gasteiger partial charge in [-0.3, -0.25) is 4.79 Å². The van der Waals surface area contributed by atoms with Gasteiger partial charge in [0.1, 0.15) is 6.10 Å². The number of carbonyl (C=O) groups excluding carboxylic acids is 1. The van der Waals surface area contributed by atoms with Crippen molar-refractivity contribution in [1.82, 2.24) is 0 Å². The summed E-state index contributed by atoms with van der Waals surface area (Å²) in [4.78, 5) is 12.1. The Morgan fingerprint density at radius 2 is 1.63 bits per heavy atom. The Kier molecular flexibility index (Phi) is 4.35. The van der Waals surface area contributed by atoms with Crippen molar-refractivity contribution in [3.63, 3.8) is 0 Å². The van der Waals surface area contributed by atoms with E-state index in [1.807, 2.05) is 37.3 Å². The number of ketones is 1. The molecule has 2 atom stereocenters. The molecular weight excluding hydrogens is 260 g/mol. The van der Waals surface area contributed by atoms with Crippen LogP contribution in [0.3, 0.4) is 0 Å². The van der Waals surface area contributed by atoms with Crippen molar-refractivity contribution in [2.45, 2.75) is 18.4 Å². The lowest BCUT2D eigenvalue weighted by Crippen LogP contribution is -2.25. The molecule has 0 amide bonds. The maximum absolute atomic E-state index is 12.1. The molecular formula is C16H15ClO2. The Hall–Kier alpha value is -1.64. The minimum Gasteiger partial charge on any atom is -0.383 e. The lowest BCUT2D eigenvalue weighted by atomic mass is 9.99. The Morgan fingerprint density at radius 3 is 2.21 bits per heavy atom. The van der Waals surface area contributed by atoms with Crippen LogP contribution in [-0.4, -0.2) is 17.0 Å². The monoisotopic (exact) mass is 274 g/mol. The first kappa shape index (κ1) is 13.8. The number of aliphatic hydroxyl groups excluding tert-OH is 1. The molecule has 98 valence electrons. The third kappa shape index (κ3) is 3.22. The Labute approximate surface area is 117 Å². The second-order valence-electron chi connectivity index (χ2n) is 4.49. The van der Waals surface area contributed by atoms with E-state index in [-0.39, 0.29) is 5.78 Å². The molecule has 0 aliphatic rings. The molecule has 0 aliphatic heterocycles. The second-order valence-corrected chi connectivity index (χ2v) is 4.96. The van der Waals surface area contributed by atoms with Crippen molar-refractivity contribution >= 4 is 17.4 Å². The zero-order valence-corrected chi connectivity index (χ0v) is 11.3. The van der Waals surface area contributed by atoms with Crippen molar-refractivity contribution in [3.05, 3.63) is 71.3 Å². The van der Waals surface area contributed by atoms with Gasteiger partial charge < -0.3 is 5.11 Å². The van der Waals surface area contributed by atoms with Crippen LogP contribution in [0.1, 0.15) is 26.9 Å². The molecule has 0 fully saturated rings. The highest BCUT2D eigenvalue weighted by atomic mass is 35.5. The van der Waals surface area contributed by atoms with E-state index in [0.29, 0.717) is 5.56 Å². The topological polar surface area (TPSA) is 37.3 Å². The molecule has 19 heavy (non-hydrogen) atoms. The number of carbonyl (C=O) groups is 1. The summed E-state index contributed by atoms with van der Waals surface area (Å²) in [5.74, 6) is -0.358. The van der Waals surface area contributed by atoms with Crippen LogP contribution >= 0.6 is 11.6 Å². The summed E-state index contributed by atoms with van der Waals surface area (Å²) in [7, 11) is 0. The van der Waals surface area contributed by atoms with E-state index in [4.69, 9.17) is 11.6 Å². The predicted octanol–water partition coefficient (Wildman–Crippen LogP) is 3.52. The van der Waals surface area contributed by atoms with Crippen molar-refractivity contribution < 1.29 is 9.90 Å². The zero-order chi connectivity index (χ0) is 13.8. The van der Waals surface area contributed by atoms with Gasteiger partial charge in [-0.1, -0.05) is 60.2 Å². The highest BCUT2D eigenvalue weighted by Crippen LogP contribution is 2.26. The number of hydrogen-bond acceptors (Lipinski definition) is 2. The van der Waals surface area contributed by atoms with Gasteiger partial charge >= 0.3 is 0 Å². The molecule has 2 rings (SSSR count). The lowest BCUT2D eigenvalue weighted by Gasteiger charge is -2.16. The molecule has 0 saturated carbocycles. The van der Waals surface area contributed by atoms with Crippen LogP contribution in [0.25, 0.3) is 0 Å². The number of benzene rings is 2. The Bertz CT molecular complexity index is 549. The molecule has 3 heteroatoms. The molecule has 1 N–H and O–H groups in total. The molecule has 0 saturated heterocycles. The van der Waals surface area contributed by atoms with Crippen LogP contribution in [0.2, 0.25) is 0 Å². The van der Waals surface area contributed by atoms with Crippen LogP contribution in [0.4, 0.5) is 0 Å². The van der Waals surface area contributed by atoms with Crippen molar-refractivity contribution in [3.8, 4) is 0 Å². The number of rotatable bonds is 4. The van der Waals surface area contributed by atoms with Gasteiger partial charge in [0, 0.05) is 5.56 Å². The summed E-state index contributed by atoms with van der Waals surface area (Å²) in [6, 6.07) is 16.2. The van der Waals surface area contributed by atoms with E-state index in [2.05, 4.69) is 0 Å². The highest BCUT2D eigenvalue weighted by Gasteiger charge is 2.26. The first-order chi connectivity index (χ1) is 9.09. The number of alkyl halides is 1. The van der Waals surface area contributed by atoms with Crippen LogP contribution in [0.15, 0.2) is 54.6 Å². The van der Waals surface area contributed by atoms with Gasteiger partial charge in [-0.05, 0) is 12.5 Å². The summed E-state index contributed by atoms with van der Waals surface area (Å²) in [6.07, 6.45) is -1.24. The van der Waals surface area contributed by atoms with Gasteiger partial charge in [0.25, 0.3) is 0 Å². The van der Waals surface area contributed by atoms with E-state index in [0.717, 1.165) is 11.1 Å². The summed E-state index contributed by atoms with van der Waals surface area (Å²) < 4.78 is 0. The van der Waals surface area contributed by atoms with Gasteiger partial charge in [0.05, 0.1) is 5.38 Å². The molecule has 2 nitrogen and oxygen atoms in total. The zero-order valence-electron chi connectivity index (χ0n) is 10.6. The lowest BCUT2D eigenvalue weighted by molar-refractivity contribution is 0.0738. The summed E-state index contributed by atoms with van der Waals surface area (Å²) in [5, 5.41) is 9.34. The minimum atomic E-state index is -1.24. The van der Waals surface area contributed by atoms with Gasteiger partial charge in [-0.2, -0.15) is 0 Å². The SMILES string of the molecule is Cc1ccc(C(=O)[C@H](O)[C@H](Cl)c2ccccc2)cc1. The number of aliphatic hydroxyl groups is 1. The van der Waals surface area contributed by atoms with Crippen LogP contribution in [-0.2, 0) is 0 Å². The number of Topliss-reactive ketones (excluding diaryl/α,β-unsaturated/α-hetero) is 1. The molecule has 0 aliphatic carbocycles. The molecule has 0 spiro atoms. The third-order valence-corrected chi connectivity index (χ3v) is 3.49. The average molecular weight is 275 g/mol. The van der Waals surface area contributed by atoms with Crippen molar-refractivity contribution in [2.75, 3.05) is 0 Å². The molecule has 0 unspecified atom stereocenters. The molecule has 2 aromatic rings. The third-order valence-electron chi connectivity index (χ3n) is 3.00. The van der Waals surface area contributed by atoms with Crippen LogP contribution in [0.5, 0.6) is 0 Å². The molecule has 0 heterocycles. The van der Waals surface area contributed by atoms with Crippen LogP contribution in [0, 0.1) is 6.92 Å². The number of halogens is 1. The highest BCUT2D eigenvalue weighted by molar-refractivity contribution is 6.23. The van der Waals surface area contributed by atoms with E-state index < -0.39 is 11.5 Å². The van der Waals surface area contributed by atoms with E-state index in [9.17, 15) is 9.90 Å². The number of aryl methyl sites for hydroxylation is 1. The van der Waals surface area contributed by atoms with Gasteiger partial charge in [-0.25, -0.2) is 0 Å². The van der Waals surface area contributed by atoms with E-state index in [1.165, 1.54) is 0 Å². The van der Waals surface area contributed by atoms with Gasteiger partial charge in [-0.15, -0.1) is 11.6 Å². The van der Waals surface area contributed by atoms with Gasteiger partial charge in [0.2, 0.25) is 0 Å². The van der Waals surface area contributed by atoms with Gasteiger partial charge in [0.15, 0.2) is 5.78 Å². The largest absolute Gasteiger partial charge is 0.383 e. The summed E-state index contributed by atoms with van der Waals surface area (Å²) in [5.41, 5.74) is 2.27. The molecule has 0 radical (unpaired) electrons. The normalized spacial score (nSPS) is 13.8. The minimum absolute atomic E-state index is 0.358. The fraction of sp³-hybridized carbons (Fsp3) is 0.188. The van der Waals surface area contributed by atoms with E-state index >= 15 is 0 Å². The number of hydrogen-bond donors (Lipinski definition) is 1.